The number of carbonyl (C=O) groups is 1. The van der Waals surface area contributed by atoms with Crippen LogP contribution in [0.4, 0.5) is 0 Å². The fourth-order valence-corrected chi connectivity index (χ4v) is 2.09. The molecule has 0 bridgehead atoms. The number of aromatic nitrogens is 1. The number of amides is 1. The van der Waals surface area contributed by atoms with Crippen LogP contribution >= 0.6 is 22.6 Å². The van der Waals surface area contributed by atoms with E-state index in [-0.39, 0.29) is 5.91 Å². The molecule has 1 aromatic heterocycles. The van der Waals surface area contributed by atoms with E-state index in [0.29, 0.717) is 5.56 Å². The number of alkyl halides is 1. The second-order valence-electron chi connectivity index (χ2n) is 3.80. The number of rotatable bonds is 7. The van der Waals surface area contributed by atoms with Crippen LogP contribution in [0.3, 0.4) is 0 Å². The molecule has 0 saturated carbocycles. The van der Waals surface area contributed by atoms with Crippen LogP contribution in [-0.4, -0.2) is 10.3 Å². The van der Waals surface area contributed by atoms with Crippen molar-refractivity contribution in [3.63, 3.8) is 0 Å². The maximum Gasteiger partial charge on any atom is 0.254 e. The highest BCUT2D eigenvalue weighted by Gasteiger charge is 2.06. The monoisotopic (exact) mass is 333 g/mol. The number of primary amides is 1. The minimum atomic E-state index is -0.362. The van der Waals surface area contributed by atoms with Crippen LogP contribution in [-0.2, 0) is 6.54 Å². The predicted octanol–water partition coefficient (Wildman–Crippen LogP) is 2.07. The Balaban J connectivity index is 2.36. The van der Waals surface area contributed by atoms with Gasteiger partial charge < -0.3 is 5.73 Å². The number of nitrogens with zero attached hydrogens (tertiary/aromatic N) is 1. The largest absolute Gasteiger partial charge is 0.365 e. The maximum absolute atomic E-state index is 11.0. The second kappa shape index (κ2) is 7.60. The minimum absolute atomic E-state index is 0.362. The SMILES string of the molecule is NC(=O)c1ccc[n+](CCCCCCI)c1. The molecule has 0 aliphatic rings. The van der Waals surface area contributed by atoms with Gasteiger partial charge in [-0.25, -0.2) is 4.57 Å². The number of halogens is 1. The van der Waals surface area contributed by atoms with Crippen LogP contribution in [0.15, 0.2) is 24.5 Å². The average molecular weight is 333 g/mol. The van der Waals surface area contributed by atoms with Crippen molar-refractivity contribution in [1.29, 1.82) is 0 Å². The lowest BCUT2D eigenvalue weighted by Gasteiger charge is -1.99. The van der Waals surface area contributed by atoms with Gasteiger partial charge in [-0.15, -0.1) is 0 Å². The summed E-state index contributed by atoms with van der Waals surface area (Å²) < 4.78 is 3.27. The average Bonchev–Trinajstić information content (AvgIpc) is 2.29. The molecule has 0 atom stereocenters. The number of carbonyl (C=O) groups excluding carboxylic acids is 1. The second-order valence-corrected chi connectivity index (χ2v) is 4.88. The Morgan fingerprint density at radius 1 is 1.31 bits per heavy atom. The Bertz CT molecular complexity index is 342. The van der Waals surface area contributed by atoms with Crippen LogP contribution < -0.4 is 10.3 Å². The molecule has 2 N–H and O–H groups in total. The third kappa shape index (κ3) is 4.92. The third-order valence-corrected chi connectivity index (χ3v) is 3.21. The van der Waals surface area contributed by atoms with E-state index in [2.05, 4.69) is 22.6 Å². The zero-order chi connectivity index (χ0) is 11.8. The van der Waals surface area contributed by atoms with Gasteiger partial charge in [0.05, 0.1) is 0 Å². The normalized spacial score (nSPS) is 10.3. The Morgan fingerprint density at radius 2 is 2.06 bits per heavy atom. The van der Waals surface area contributed by atoms with Crippen molar-refractivity contribution in [3.8, 4) is 0 Å². The van der Waals surface area contributed by atoms with Crippen LogP contribution in [0.5, 0.6) is 0 Å². The first-order chi connectivity index (χ1) is 7.74. The molecule has 88 valence electrons. The number of unbranched alkanes of at least 4 members (excludes halogenated alkanes) is 3. The van der Waals surface area contributed by atoms with Gasteiger partial charge in [0.25, 0.3) is 5.91 Å². The molecule has 0 spiro atoms. The first kappa shape index (κ1) is 13.4. The minimum Gasteiger partial charge on any atom is -0.365 e. The summed E-state index contributed by atoms with van der Waals surface area (Å²) in [5, 5.41) is 0. The number of hydrogen-bond acceptors (Lipinski definition) is 1. The molecule has 0 unspecified atom stereocenters. The summed E-state index contributed by atoms with van der Waals surface area (Å²) in [7, 11) is 0. The van der Waals surface area contributed by atoms with Gasteiger partial charge in [-0.05, 0) is 23.3 Å². The first-order valence-corrected chi connectivity index (χ1v) is 7.11. The van der Waals surface area contributed by atoms with Crippen molar-refractivity contribution < 1.29 is 9.36 Å². The van der Waals surface area contributed by atoms with E-state index < -0.39 is 0 Å². The first-order valence-electron chi connectivity index (χ1n) is 5.59. The number of pyridine rings is 1. The molecule has 1 rings (SSSR count). The topological polar surface area (TPSA) is 47.0 Å². The molecule has 1 amide bonds. The molecule has 3 nitrogen and oxygen atoms in total. The van der Waals surface area contributed by atoms with Crippen molar-refractivity contribution in [2.75, 3.05) is 4.43 Å². The smallest absolute Gasteiger partial charge is 0.254 e. The van der Waals surface area contributed by atoms with Crippen molar-refractivity contribution in [2.24, 2.45) is 5.73 Å². The van der Waals surface area contributed by atoms with Gasteiger partial charge in [0, 0.05) is 12.5 Å². The molecule has 0 aliphatic heterocycles. The van der Waals surface area contributed by atoms with Gasteiger partial charge in [0.15, 0.2) is 12.4 Å². The standard InChI is InChI=1S/C12H17IN2O/c13-7-3-1-2-4-8-15-9-5-6-11(10-15)12(14)16/h5-6,9-10H,1-4,7-8H2,(H-,14,16)/p+1. The maximum atomic E-state index is 11.0. The van der Waals surface area contributed by atoms with Gasteiger partial charge in [0.2, 0.25) is 0 Å². The Labute approximate surface area is 110 Å². The van der Waals surface area contributed by atoms with Gasteiger partial charge in [-0.3, -0.25) is 4.79 Å². The lowest BCUT2D eigenvalue weighted by molar-refractivity contribution is -0.697. The van der Waals surface area contributed by atoms with Gasteiger partial charge in [-0.2, -0.15) is 0 Å². The zero-order valence-electron chi connectivity index (χ0n) is 9.36. The predicted molar refractivity (Wildman–Crippen MR) is 72.5 cm³/mol. The summed E-state index contributed by atoms with van der Waals surface area (Å²) in [5.74, 6) is -0.362. The molecule has 1 heterocycles. The Kier molecular flexibility index (Phi) is 6.37. The van der Waals surface area contributed by atoms with E-state index in [1.165, 1.54) is 23.7 Å². The van der Waals surface area contributed by atoms with Gasteiger partial charge >= 0.3 is 0 Å². The van der Waals surface area contributed by atoms with Gasteiger partial charge in [-0.1, -0.05) is 29.0 Å². The molecular weight excluding hydrogens is 315 g/mol. The number of nitrogens with two attached hydrogens (primary N) is 1. The van der Waals surface area contributed by atoms with Crippen LogP contribution in [0, 0.1) is 0 Å². The highest BCUT2D eigenvalue weighted by molar-refractivity contribution is 14.1. The lowest BCUT2D eigenvalue weighted by atomic mass is 10.2. The van der Waals surface area contributed by atoms with Crippen molar-refractivity contribution in [3.05, 3.63) is 30.1 Å². The quantitative estimate of drug-likeness (QED) is 0.353. The molecule has 1 aromatic rings. The van der Waals surface area contributed by atoms with E-state index in [0.717, 1.165) is 13.0 Å². The Hall–Kier alpha value is -0.650. The number of aryl methyl sites for hydroxylation is 1. The summed E-state index contributed by atoms with van der Waals surface area (Å²) in [6.07, 6.45) is 8.79. The summed E-state index contributed by atoms with van der Waals surface area (Å²) in [6, 6.07) is 3.61. The molecule has 0 saturated heterocycles. The zero-order valence-corrected chi connectivity index (χ0v) is 11.5. The van der Waals surface area contributed by atoms with E-state index in [1.807, 2.05) is 23.0 Å². The molecule has 16 heavy (non-hydrogen) atoms. The van der Waals surface area contributed by atoms with Crippen LogP contribution in [0.2, 0.25) is 0 Å². The van der Waals surface area contributed by atoms with E-state index in [9.17, 15) is 4.79 Å². The third-order valence-electron chi connectivity index (χ3n) is 2.44. The van der Waals surface area contributed by atoms with Crippen molar-refractivity contribution in [1.82, 2.24) is 0 Å². The van der Waals surface area contributed by atoms with E-state index in [1.54, 1.807) is 6.07 Å². The fourth-order valence-electron chi connectivity index (χ4n) is 1.55. The highest BCUT2D eigenvalue weighted by Crippen LogP contribution is 2.02. The van der Waals surface area contributed by atoms with Crippen LogP contribution in [0.1, 0.15) is 36.0 Å². The van der Waals surface area contributed by atoms with E-state index in [4.69, 9.17) is 5.73 Å². The van der Waals surface area contributed by atoms with E-state index >= 15 is 0 Å². The lowest BCUT2D eigenvalue weighted by Crippen LogP contribution is -2.34. The molecular formula is C12H18IN2O+. The number of hydrogen-bond donors (Lipinski definition) is 1. The van der Waals surface area contributed by atoms with Crippen molar-refractivity contribution >= 4 is 28.5 Å². The summed E-state index contributed by atoms with van der Waals surface area (Å²) in [6.45, 7) is 0.961. The molecule has 0 aromatic carbocycles. The summed E-state index contributed by atoms with van der Waals surface area (Å²) in [5.41, 5.74) is 5.80. The molecule has 0 radical (unpaired) electrons. The fraction of sp³-hybridized carbons (Fsp3) is 0.500. The molecule has 0 aliphatic carbocycles. The Morgan fingerprint density at radius 3 is 2.75 bits per heavy atom. The summed E-state index contributed by atoms with van der Waals surface area (Å²) >= 11 is 2.41. The highest BCUT2D eigenvalue weighted by atomic mass is 127. The molecule has 0 fully saturated rings. The van der Waals surface area contributed by atoms with Gasteiger partial charge in [0.1, 0.15) is 12.1 Å². The summed E-state index contributed by atoms with van der Waals surface area (Å²) in [4.78, 5) is 11.0. The van der Waals surface area contributed by atoms with Crippen LogP contribution in [0.25, 0.3) is 0 Å². The van der Waals surface area contributed by atoms with Crippen molar-refractivity contribution in [2.45, 2.75) is 32.2 Å². The molecule has 4 heteroatoms.